The summed E-state index contributed by atoms with van der Waals surface area (Å²) in [6.07, 6.45) is 2.94. The second-order valence-electron chi connectivity index (χ2n) is 5.33. The fourth-order valence-electron chi connectivity index (χ4n) is 2.29. The molecule has 0 saturated carbocycles. The number of carbonyl (C=O) groups is 1. The molecule has 0 fully saturated rings. The zero-order chi connectivity index (χ0) is 17.5. The van der Waals surface area contributed by atoms with E-state index < -0.39 is 11.6 Å². The van der Waals surface area contributed by atoms with E-state index in [1.54, 1.807) is 4.90 Å². The molecule has 0 bridgehead atoms. The molecule has 0 aliphatic rings. The third kappa shape index (κ3) is 4.47. The van der Waals surface area contributed by atoms with Crippen molar-refractivity contribution in [2.75, 3.05) is 18.4 Å². The monoisotopic (exact) mass is 334 g/mol. The number of nitrogens with one attached hydrogen (secondary N) is 1. The van der Waals surface area contributed by atoms with Gasteiger partial charge in [0.1, 0.15) is 29.5 Å². The van der Waals surface area contributed by atoms with Crippen molar-refractivity contribution in [2.24, 2.45) is 0 Å². The molecule has 5 nitrogen and oxygen atoms in total. The topological polar surface area (TPSA) is 58.1 Å². The Morgan fingerprint density at radius 2 is 1.83 bits per heavy atom. The van der Waals surface area contributed by atoms with E-state index in [1.807, 2.05) is 13.8 Å². The average molecular weight is 334 g/mol. The Balaban J connectivity index is 2.20. The number of aromatic nitrogens is 2. The summed E-state index contributed by atoms with van der Waals surface area (Å²) in [6, 6.07) is 4.65. The predicted molar refractivity (Wildman–Crippen MR) is 88.2 cm³/mol. The zero-order valence-electron chi connectivity index (χ0n) is 13.7. The van der Waals surface area contributed by atoms with Crippen molar-refractivity contribution in [2.45, 2.75) is 26.7 Å². The number of hydrogen-bond acceptors (Lipinski definition) is 4. The van der Waals surface area contributed by atoms with Crippen LogP contribution in [0.2, 0.25) is 0 Å². The summed E-state index contributed by atoms with van der Waals surface area (Å²) in [5, 5.41) is 2.73. The van der Waals surface area contributed by atoms with Crippen LogP contribution in [0.4, 0.5) is 20.3 Å². The lowest BCUT2D eigenvalue weighted by Crippen LogP contribution is -2.33. The summed E-state index contributed by atoms with van der Waals surface area (Å²) in [5.41, 5.74) is 0.310. The Hall–Kier alpha value is -2.57. The van der Waals surface area contributed by atoms with Gasteiger partial charge in [0.25, 0.3) is 5.91 Å². The Morgan fingerprint density at radius 3 is 2.46 bits per heavy atom. The van der Waals surface area contributed by atoms with Crippen molar-refractivity contribution in [1.29, 1.82) is 0 Å². The molecule has 7 heteroatoms. The van der Waals surface area contributed by atoms with Gasteiger partial charge in [-0.05, 0) is 25.0 Å². The van der Waals surface area contributed by atoms with Crippen molar-refractivity contribution in [1.82, 2.24) is 14.9 Å². The number of carbonyl (C=O) groups excluding carboxylic acids is 1. The van der Waals surface area contributed by atoms with Crippen LogP contribution in [0.25, 0.3) is 0 Å². The number of anilines is 2. The molecular weight excluding hydrogens is 314 g/mol. The first-order chi connectivity index (χ1) is 11.5. The Labute approximate surface area is 139 Å². The van der Waals surface area contributed by atoms with E-state index in [9.17, 15) is 13.6 Å². The largest absolute Gasteiger partial charge is 0.338 e. The number of nitrogens with zero attached hydrogens (tertiary/aromatic N) is 3. The van der Waals surface area contributed by atoms with E-state index in [4.69, 9.17) is 0 Å². The van der Waals surface area contributed by atoms with E-state index in [-0.39, 0.29) is 23.1 Å². The van der Waals surface area contributed by atoms with Crippen LogP contribution in [0.1, 0.15) is 37.2 Å². The number of benzene rings is 1. The molecule has 128 valence electrons. The predicted octanol–water partition coefficient (Wildman–Crippen LogP) is 3.76. The molecule has 1 N–H and O–H groups in total. The number of rotatable bonds is 7. The van der Waals surface area contributed by atoms with E-state index in [2.05, 4.69) is 15.3 Å². The van der Waals surface area contributed by atoms with E-state index in [0.29, 0.717) is 13.1 Å². The molecule has 0 radical (unpaired) electrons. The minimum absolute atomic E-state index is 0.0764. The summed E-state index contributed by atoms with van der Waals surface area (Å²) in [7, 11) is 0. The van der Waals surface area contributed by atoms with Crippen LogP contribution in [0.5, 0.6) is 0 Å². The third-order valence-corrected chi connectivity index (χ3v) is 3.35. The van der Waals surface area contributed by atoms with Crippen molar-refractivity contribution in [3.8, 4) is 0 Å². The molecule has 0 unspecified atom stereocenters. The molecule has 0 spiro atoms. The standard InChI is InChI=1S/C17H20F2N4O/c1-3-7-23(8-4-2)17(24)15-10-16(21-11-20-15)22-14-6-5-12(18)9-13(14)19/h5-6,9-11H,3-4,7-8H2,1-2H3,(H,20,21,22). The quantitative estimate of drug-likeness (QED) is 0.837. The van der Waals surface area contributed by atoms with Crippen molar-refractivity contribution >= 4 is 17.4 Å². The van der Waals surface area contributed by atoms with Gasteiger partial charge in [-0.2, -0.15) is 0 Å². The first kappa shape index (κ1) is 17.8. The number of halogens is 2. The minimum Gasteiger partial charge on any atom is -0.338 e. The van der Waals surface area contributed by atoms with Crippen molar-refractivity contribution < 1.29 is 13.6 Å². The summed E-state index contributed by atoms with van der Waals surface area (Å²) in [5.74, 6) is -1.32. The highest BCUT2D eigenvalue weighted by molar-refractivity contribution is 5.93. The van der Waals surface area contributed by atoms with E-state index in [1.165, 1.54) is 18.5 Å². The fraction of sp³-hybridized carbons (Fsp3) is 0.353. The van der Waals surface area contributed by atoms with Crippen LogP contribution in [0, 0.1) is 11.6 Å². The molecule has 2 rings (SSSR count). The lowest BCUT2D eigenvalue weighted by Gasteiger charge is -2.21. The molecule has 24 heavy (non-hydrogen) atoms. The highest BCUT2D eigenvalue weighted by Crippen LogP contribution is 2.19. The van der Waals surface area contributed by atoms with Gasteiger partial charge in [0.15, 0.2) is 0 Å². The third-order valence-electron chi connectivity index (χ3n) is 3.35. The van der Waals surface area contributed by atoms with Crippen LogP contribution in [-0.2, 0) is 0 Å². The number of amides is 1. The average Bonchev–Trinajstić information content (AvgIpc) is 2.57. The van der Waals surface area contributed by atoms with Crippen LogP contribution in [0.3, 0.4) is 0 Å². The van der Waals surface area contributed by atoms with Crippen LogP contribution in [-0.4, -0.2) is 33.9 Å². The molecule has 2 aromatic rings. The van der Waals surface area contributed by atoms with Gasteiger partial charge < -0.3 is 10.2 Å². The summed E-state index contributed by atoms with van der Waals surface area (Å²) >= 11 is 0. The minimum atomic E-state index is -0.736. The van der Waals surface area contributed by atoms with Gasteiger partial charge in [-0.25, -0.2) is 18.7 Å². The fourth-order valence-corrected chi connectivity index (χ4v) is 2.29. The molecule has 1 aromatic carbocycles. The second kappa shape index (κ2) is 8.33. The van der Waals surface area contributed by atoms with Gasteiger partial charge in [0, 0.05) is 25.2 Å². The first-order valence-corrected chi connectivity index (χ1v) is 7.88. The van der Waals surface area contributed by atoms with Crippen LogP contribution < -0.4 is 5.32 Å². The maximum absolute atomic E-state index is 13.7. The SMILES string of the molecule is CCCN(CCC)C(=O)c1cc(Nc2ccc(F)cc2F)ncn1. The van der Waals surface area contributed by atoms with Gasteiger partial charge in [0.05, 0.1) is 5.69 Å². The molecule has 1 heterocycles. The lowest BCUT2D eigenvalue weighted by molar-refractivity contribution is 0.0749. The van der Waals surface area contributed by atoms with Gasteiger partial charge in [-0.15, -0.1) is 0 Å². The Bertz CT molecular complexity index is 703. The highest BCUT2D eigenvalue weighted by Gasteiger charge is 2.16. The Kier molecular flexibility index (Phi) is 6.17. The molecule has 0 atom stereocenters. The second-order valence-corrected chi connectivity index (χ2v) is 5.33. The lowest BCUT2D eigenvalue weighted by atomic mass is 10.2. The molecule has 0 aliphatic heterocycles. The van der Waals surface area contributed by atoms with Gasteiger partial charge >= 0.3 is 0 Å². The van der Waals surface area contributed by atoms with Gasteiger partial charge in [-0.1, -0.05) is 13.8 Å². The van der Waals surface area contributed by atoms with Gasteiger partial charge in [-0.3, -0.25) is 4.79 Å². The van der Waals surface area contributed by atoms with Crippen LogP contribution >= 0.6 is 0 Å². The normalized spacial score (nSPS) is 10.5. The molecular formula is C17H20F2N4O. The van der Waals surface area contributed by atoms with Crippen LogP contribution in [0.15, 0.2) is 30.6 Å². The maximum atomic E-state index is 13.7. The van der Waals surface area contributed by atoms with Crippen molar-refractivity contribution in [3.63, 3.8) is 0 Å². The van der Waals surface area contributed by atoms with Crippen molar-refractivity contribution in [3.05, 3.63) is 47.9 Å². The van der Waals surface area contributed by atoms with E-state index >= 15 is 0 Å². The Morgan fingerprint density at radius 1 is 1.12 bits per heavy atom. The van der Waals surface area contributed by atoms with E-state index in [0.717, 1.165) is 25.0 Å². The smallest absolute Gasteiger partial charge is 0.272 e. The molecule has 0 saturated heterocycles. The maximum Gasteiger partial charge on any atom is 0.272 e. The first-order valence-electron chi connectivity index (χ1n) is 7.88. The molecule has 1 aromatic heterocycles. The summed E-state index contributed by atoms with van der Waals surface area (Å²) in [6.45, 7) is 5.29. The highest BCUT2D eigenvalue weighted by atomic mass is 19.1. The van der Waals surface area contributed by atoms with Gasteiger partial charge in [0.2, 0.25) is 0 Å². The molecule has 1 amide bonds. The molecule has 0 aliphatic carbocycles. The zero-order valence-corrected chi connectivity index (χ0v) is 13.7. The summed E-state index contributed by atoms with van der Waals surface area (Å²) in [4.78, 5) is 22.2. The summed E-state index contributed by atoms with van der Waals surface area (Å²) < 4.78 is 26.6. The number of hydrogen-bond donors (Lipinski definition) is 1.